The van der Waals surface area contributed by atoms with Crippen molar-refractivity contribution < 1.29 is 14.5 Å². The lowest BCUT2D eigenvalue weighted by Crippen LogP contribution is -3.13. The number of likely N-dealkylation sites (tertiary alicyclic amines) is 1. The molecular formula is C19H28N3O2+. The van der Waals surface area contributed by atoms with Crippen LogP contribution in [0.1, 0.15) is 44.6 Å². The van der Waals surface area contributed by atoms with Crippen molar-refractivity contribution >= 4 is 17.6 Å². The zero-order valence-electron chi connectivity index (χ0n) is 14.8. The summed E-state index contributed by atoms with van der Waals surface area (Å²) >= 11 is 0. The highest BCUT2D eigenvalue weighted by molar-refractivity contribution is 6.13. The third-order valence-electron chi connectivity index (χ3n) is 5.20. The summed E-state index contributed by atoms with van der Waals surface area (Å²) in [6.07, 6.45) is 6.20. The average molecular weight is 330 g/mol. The Bertz CT molecular complexity index is 591. The smallest absolute Gasteiger partial charge is 0.317 e. The Morgan fingerprint density at radius 3 is 2.21 bits per heavy atom. The van der Waals surface area contributed by atoms with E-state index in [1.54, 1.807) is 4.90 Å². The van der Waals surface area contributed by atoms with Gasteiger partial charge >= 0.3 is 6.03 Å². The number of anilines is 1. The van der Waals surface area contributed by atoms with Gasteiger partial charge in [0.15, 0.2) is 6.67 Å². The van der Waals surface area contributed by atoms with Gasteiger partial charge in [0.05, 0.1) is 13.1 Å². The molecule has 130 valence electrons. The number of rotatable bonds is 3. The van der Waals surface area contributed by atoms with Gasteiger partial charge in [-0.05, 0) is 51.7 Å². The topological polar surface area (TPSA) is 45.1 Å². The van der Waals surface area contributed by atoms with Gasteiger partial charge in [-0.2, -0.15) is 0 Å². The predicted molar refractivity (Wildman–Crippen MR) is 94.0 cm³/mol. The molecule has 0 aliphatic carbocycles. The molecule has 0 radical (unpaired) electrons. The van der Waals surface area contributed by atoms with Crippen LogP contribution in [-0.4, -0.2) is 42.6 Å². The number of hydrogen-bond acceptors (Lipinski definition) is 2. The van der Waals surface area contributed by atoms with E-state index in [2.05, 4.69) is 0 Å². The number of nitrogens with zero attached hydrogens (tertiary/aromatic N) is 2. The van der Waals surface area contributed by atoms with Crippen LogP contribution in [0.25, 0.3) is 0 Å². The maximum absolute atomic E-state index is 12.9. The van der Waals surface area contributed by atoms with Crippen LogP contribution < -0.4 is 9.80 Å². The van der Waals surface area contributed by atoms with E-state index in [0.717, 1.165) is 24.3 Å². The summed E-state index contributed by atoms with van der Waals surface area (Å²) in [6, 6.07) is 7.20. The molecule has 2 fully saturated rings. The largest absolute Gasteiger partial charge is 0.336 e. The number of carbonyl (C=O) groups is 2. The standard InChI is InChI=1S/C19H27N3O2/c1-15-8-10-17(11-9-15)22-16(2)18(23)21(19(22)24)14-20-12-6-4-3-5-7-13-20/h8-11,16H,3-7,12-14H2,1-2H3/p+1/t16-/m0/s1. The lowest BCUT2D eigenvalue weighted by molar-refractivity contribution is -0.908. The summed E-state index contributed by atoms with van der Waals surface area (Å²) in [5.74, 6) is -0.0739. The van der Waals surface area contributed by atoms with Crippen LogP contribution in [0.3, 0.4) is 0 Å². The second-order valence-electron chi connectivity index (χ2n) is 7.11. The fourth-order valence-electron chi connectivity index (χ4n) is 3.70. The Balaban J connectivity index is 1.73. The molecule has 0 unspecified atom stereocenters. The van der Waals surface area contributed by atoms with Crippen molar-refractivity contribution in [3.05, 3.63) is 29.8 Å². The molecule has 0 bridgehead atoms. The van der Waals surface area contributed by atoms with Gasteiger partial charge in [-0.15, -0.1) is 0 Å². The molecule has 5 nitrogen and oxygen atoms in total. The van der Waals surface area contributed by atoms with Crippen LogP contribution in [0.2, 0.25) is 0 Å². The van der Waals surface area contributed by atoms with Crippen molar-refractivity contribution in [2.45, 2.75) is 52.0 Å². The Morgan fingerprint density at radius 1 is 1.00 bits per heavy atom. The lowest BCUT2D eigenvalue weighted by atomic mass is 10.1. The molecule has 1 atom stereocenters. The SMILES string of the molecule is Cc1ccc(N2C(=O)N(C[NH+]3CCCCCCC3)C(=O)[C@@H]2C)cc1. The highest BCUT2D eigenvalue weighted by Crippen LogP contribution is 2.25. The number of carbonyl (C=O) groups excluding carboxylic acids is 2. The summed E-state index contributed by atoms with van der Waals surface area (Å²) in [5.41, 5.74) is 1.95. The van der Waals surface area contributed by atoms with Gasteiger partial charge in [0.25, 0.3) is 5.91 Å². The first-order valence-corrected chi connectivity index (χ1v) is 9.13. The van der Waals surface area contributed by atoms with Crippen molar-refractivity contribution in [3.63, 3.8) is 0 Å². The molecule has 2 aliphatic rings. The number of aryl methyl sites for hydroxylation is 1. The summed E-state index contributed by atoms with van der Waals surface area (Å²) < 4.78 is 0. The monoisotopic (exact) mass is 330 g/mol. The Morgan fingerprint density at radius 2 is 1.58 bits per heavy atom. The van der Waals surface area contributed by atoms with Crippen LogP contribution in [0.5, 0.6) is 0 Å². The minimum absolute atomic E-state index is 0.0739. The fraction of sp³-hybridized carbons (Fsp3) is 0.579. The molecular weight excluding hydrogens is 302 g/mol. The summed E-state index contributed by atoms with van der Waals surface area (Å²) in [6.45, 7) is 6.45. The first-order valence-electron chi connectivity index (χ1n) is 9.13. The summed E-state index contributed by atoms with van der Waals surface area (Å²) in [5, 5.41) is 0. The molecule has 2 aliphatic heterocycles. The highest BCUT2D eigenvalue weighted by Gasteiger charge is 2.44. The molecule has 1 aromatic carbocycles. The minimum atomic E-state index is -0.422. The lowest BCUT2D eigenvalue weighted by Gasteiger charge is -2.25. The molecule has 3 rings (SSSR count). The zero-order valence-corrected chi connectivity index (χ0v) is 14.8. The van der Waals surface area contributed by atoms with Crippen molar-refractivity contribution in [2.24, 2.45) is 0 Å². The first-order chi connectivity index (χ1) is 11.6. The van der Waals surface area contributed by atoms with Crippen molar-refractivity contribution in [1.82, 2.24) is 4.90 Å². The molecule has 1 N–H and O–H groups in total. The van der Waals surface area contributed by atoms with Crippen LogP contribution >= 0.6 is 0 Å². The van der Waals surface area contributed by atoms with Crippen LogP contribution in [-0.2, 0) is 4.79 Å². The summed E-state index contributed by atoms with van der Waals surface area (Å²) in [4.78, 5) is 29.9. The van der Waals surface area contributed by atoms with Gasteiger partial charge in [-0.25, -0.2) is 9.69 Å². The van der Waals surface area contributed by atoms with Crippen LogP contribution in [0, 0.1) is 6.92 Å². The molecule has 3 amide bonds. The van der Waals surface area contributed by atoms with E-state index in [9.17, 15) is 9.59 Å². The van der Waals surface area contributed by atoms with Gasteiger partial charge in [0, 0.05) is 5.69 Å². The molecule has 0 aromatic heterocycles. The van der Waals surface area contributed by atoms with Gasteiger partial charge in [0.1, 0.15) is 6.04 Å². The molecule has 2 saturated heterocycles. The molecule has 5 heteroatoms. The van der Waals surface area contributed by atoms with Crippen molar-refractivity contribution in [1.29, 1.82) is 0 Å². The number of quaternary nitrogens is 1. The second-order valence-corrected chi connectivity index (χ2v) is 7.11. The van der Waals surface area contributed by atoms with E-state index in [-0.39, 0.29) is 11.9 Å². The molecule has 24 heavy (non-hydrogen) atoms. The van der Waals surface area contributed by atoms with Crippen LogP contribution in [0.15, 0.2) is 24.3 Å². The second kappa shape index (κ2) is 7.34. The number of urea groups is 1. The van der Waals surface area contributed by atoms with Crippen LogP contribution in [0.4, 0.5) is 10.5 Å². The molecule has 2 heterocycles. The van der Waals surface area contributed by atoms with Crippen molar-refractivity contribution in [2.75, 3.05) is 24.7 Å². The van der Waals surface area contributed by atoms with E-state index >= 15 is 0 Å². The van der Waals surface area contributed by atoms with E-state index in [1.165, 1.54) is 41.9 Å². The third kappa shape index (κ3) is 3.46. The van der Waals surface area contributed by atoms with E-state index in [4.69, 9.17) is 0 Å². The third-order valence-corrected chi connectivity index (χ3v) is 5.20. The summed E-state index contributed by atoms with van der Waals surface area (Å²) in [7, 11) is 0. The van der Waals surface area contributed by atoms with E-state index < -0.39 is 6.04 Å². The quantitative estimate of drug-likeness (QED) is 0.861. The predicted octanol–water partition coefficient (Wildman–Crippen LogP) is 1.96. The van der Waals surface area contributed by atoms with Gasteiger partial charge in [-0.1, -0.05) is 24.1 Å². The number of imide groups is 1. The number of nitrogens with one attached hydrogen (secondary N) is 1. The minimum Gasteiger partial charge on any atom is -0.317 e. The zero-order chi connectivity index (χ0) is 17.1. The van der Waals surface area contributed by atoms with Gasteiger partial charge < -0.3 is 4.90 Å². The van der Waals surface area contributed by atoms with Gasteiger partial charge in [-0.3, -0.25) is 9.69 Å². The van der Waals surface area contributed by atoms with Crippen molar-refractivity contribution in [3.8, 4) is 0 Å². The molecule has 0 saturated carbocycles. The number of benzene rings is 1. The maximum atomic E-state index is 12.9. The van der Waals surface area contributed by atoms with Gasteiger partial charge in [0.2, 0.25) is 0 Å². The Kier molecular flexibility index (Phi) is 5.19. The number of amides is 3. The highest BCUT2D eigenvalue weighted by atomic mass is 16.2. The van der Waals surface area contributed by atoms with E-state index in [1.807, 2.05) is 38.1 Å². The average Bonchev–Trinajstić information content (AvgIpc) is 2.74. The van der Waals surface area contributed by atoms with E-state index in [0.29, 0.717) is 6.67 Å². The Labute approximate surface area is 144 Å². The fourth-order valence-corrected chi connectivity index (χ4v) is 3.70. The first kappa shape index (κ1) is 17.0. The molecule has 0 spiro atoms. The normalized spacial score (nSPS) is 23.5. The Hall–Kier alpha value is -1.88. The molecule has 1 aromatic rings. The maximum Gasteiger partial charge on any atom is 0.336 e. The number of hydrogen-bond donors (Lipinski definition) is 1.